The lowest BCUT2D eigenvalue weighted by Crippen LogP contribution is -2.56. The Labute approximate surface area is 144 Å². The molecule has 1 amide bonds. The zero-order valence-corrected chi connectivity index (χ0v) is 13.8. The standard InChI is InChI=1S/C15H21N7O3/c1-3-10-8(21-11(24)5-16-2)4-9(23)15(25-10)22-14-12-13(18-6-17-12)19-7-20-14/h3,6-10,15-16,23H,1,4-5H2,2H3,(H,21,24)(H2,17,18,19,20,22)/t8-,9+,10+,15+/m1/s1. The number of hydrogen-bond donors (Lipinski definition) is 5. The Morgan fingerprint density at radius 2 is 2.36 bits per heavy atom. The first kappa shape index (κ1) is 17.3. The lowest BCUT2D eigenvalue weighted by atomic mass is 9.98. The molecule has 1 aliphatic heterocycles. The van der Waals surface area contributed by atoms with Crippen molar-refractivity contribution >= 4 is 22.9 Å². The van der Waals surface area contributed by atoms with Gasteiger partial charge in [-0.3, -0.25) is 4.79 Å². The number of fused-ring (bicyclic) bond motifs is 1. The first-order chi connectivity index (χ1) is 12.1. The van der Waals surface area contributed by atoms with Crippen LogP contribution >= 0.6 is 0 Å². The Balaban J connectivity index is 1.71. The molecule has 25 heavy (non-hydrogen) atoms. The van der Waals surface area contributed by atoms with Crippen LogP contribution in [0.3, 0.4) is 0 Å². The van der Waals surface area contributed by atoms with Gasteiger partial charge >= 0.3 is 0 Å². The summed E-state index contributed by atoms with van der Waals surface area (Å²) in [5, 5.41) is 19.1. The number of aromatic nitrogens is 4. The van der Waals surface area contributed by atoms with Gasteiger partial charge in [-0.1, -0.05) is 6.08 Å². The first-order valence-corrected chi connectivity index (χ1v) is 7.93. The molecule has 0 aliphatic carbocycles. The van der Waals surface area contributed by atoms with Gasteiger partial charge in [-0.25, -0.2) is 15.0 Å². The summed E-state index contributed by atoms with van der Waals surface area (Å²) in [4.78, 5) is 27.0. The van der Waals surface area contributed by atoms with E-state index < -0.39 is 18.4 Å². The lowest BCUT2D eigenvalue weighted by Gasteiger charge is -2.39. The maximum absolute atomic E-state index is 11.8. The number of carbonyl (C=O) groups excluding carboxylic acids is 1. The molecule has 3 heterocycles. The zero-order valence-electron chi connectivity index (χ0n) is 13.8. The van der Waals surface area contributed by atoms with E-state index >= 15 is 0 Å². The number of H-pyrrole nitrogens is 1. The lowest BCUT2D eigenvalue weighted by molar-refractivity contribution is -0.128. The van der Waals surface area contributed by atoms with Crippen LogP contribution in [-0.2, 0) is 9.53 Å². The predicted octanol–water partition coefficient (Wildman–Crippen LogP) is -0.869. The molecule has 1 aliphatic rings. The van der Waals surface area contributed by atoms with E-state index in [0.29, 0.717) is 23.4 Å². The molecule has 1 saturated heterocycles. The van der Waals surface area contributed by atoms with Crippen LogP contribution in [0.4, 0.5) is 5.82 Å². The van der Waals surface area contributed by atoms with Gasteiger partial charge in [0.1, 0.15) is 17.9 Å². The van der Waals surface area contributed by atoms with E-state index in [4.69, 9.17) is 4.74 Å². The number of anilines is 1. The highest BCUT2D eigenvalue weighted by Crippen LogP contribution is 2.24. The fraction of sp³-hybridized carbons (Fsp3) is 0.467. The first-order valence-electron chi connectivity index (χ1n) is 7.93. The summed E-state index contributed by atoms with van der Waals surface area (Å²) in [6.45, 7) is 3.94. The van der Waals surface area contributed by atoms with Gasteiger partial charge < -0.3 is 30.8 Å². The van der Waals surface area contributed by atoms with Crippen molar-refractivity contribution in [2.45, 2.75) is 30.9 Å². The van der Waals surface area contributed by atoms with Crippen molar-refractivity contribution in [2.75, 3.05) is 18.9 Å². The van der Waals surface area contributed by atoms with E-state index in [9.17, 15) is 9.90 Å². The third-order valence-electron chi connectivity index (χ3n) is 3.96. The topological polar surface area (TPSA) is 137 Å². The van der Waals surface area contributed by atoms with E-state index in [2.05, 4.69) is 42.5 Å². The number of aliphatic hydroxyl groups excluding tert-OH is 1. The number of ether oxygens (including phenoxy) is 1. The van der Waals surface area contributed by atoms with Crippen LogP contribution in [-0.4, -0.2) is 69.0 Å². The molecule has 0 spiro atoms. The number of aliphatic hydroxyl groups is 1. The third kappa shape index (κ3) is 3.76. The SMILES string of the molecule is C=C[C@@H]1O[C@H](Nc2ncnc3nc[nH]c23)[C@@H](O)C[C@H]1NC(=O)CNC. The highest BCUT2D eigenvalue weighted by molar-refractivity contribution is 5.82. The maximum atomic E-state index is 11.8. The Morgan fingerprint density at radius 3 is 3.12 bits per heavy atom. The minimum absolute atomic E-state index is 0.170. The number of imidazole rings is 1. The summed E-state index contributed by atoms with van der Waals surface area (Å²) in [6, 6.07) is -0.357. The van der Waals surface area contributed by atoms with Gasteiger partial charge in [0.05, 0.1) is 25.0 Å². The Bertz CT molecular complexity index is 750. The van der Waals surface area contributed by atoms with Crippen LogP contribution in [0, 0.1) is 0 Å². The second kappa shape index (κ2) is 7.55. The van der Waals surface area contributed by atoms with Crippen molar-refractivity contribution in [1.82, 2.24) is 30.6 Å². The average Bonchev–Trinajstić information content (AvgIpc) is 3.07. The second-order valence-corrected chi connectivity index (χ2v) is 5.73. The van der Waals surface area contributed by atoms with E-state index in [1.165, 1.54) is 12.7 Å². The van der Waals surface area contributed by atoms with Gasteiger partial charge in [-0.15, -0.1) is 6.58 Å². The molecule has 0 unspecified atom stereocenters. The van der Waals surface area contributed by atoms with Crippen LogP contribution in [0.25, 0.3) is 11.2 Å². The molecule has 134 valence electrons. The van der Waals surface area contributed by atoms with E-state index in [1.54, 1.807) is 13.1 Å². The molecule has 2 aromatic heterocycles. The molecule has 2 aromatic rings. The summed E-state index contributed by atoms with van der Waals surface area (Å²) in [6.07, 6.45) is 2.83. The van der Waals surface area contributed by atoms with Gasteiger partial charge in [0.25, 0.3) is 0 Å². The molecule has 0 bridgehead atoms. The van der Waals surface area contributed by atoms with Gasteiger partial charge in [-0.2, -0.15) is 0 Å². The highest BCUT2D eigenvalue weighted by atomic mass is 16.5. The summed E-state index contributed by atoms with van der Waals surface area (Å²) in [5.41, 5.74) is 1.14. The molecular weight excluding hydrogens is 326 g/mol. The second-order valence-electron chi connectivity index (χ2n) is 5.73. The van der Waals surface area contributed by atoms with Crippen LogP contribution in [0.2, 0.25) is 0 Å². The van der Waals surface area contributed by atoms with Crippen LogP contribution < -0.4 is 16.0 Å². The normalized spacial score (nSPS) is 26.3. The van der Waals surface area contributed by atoms with Crippen molar-refractivity contribution < 1.29 is 14.6 Å². The van der Waals surface area contributed by atoms with E-state index in [-0.39, 0.29) is 18.5 Å². The third-order valence-corrected chi connectivity index (χ3v) is 3.96. The fourth-order valence-corrected chi connectivity index (χ4v) is 2.79. The number of nitrogens with zero attached hydrogens (tertiary/aromatic N) is 3. The van der Waals surface area contributed by atoms with Crippen LogP contribution in [0.15, 0.2) is 25.3 Å². The number of hydrogen-bond acceptors (Lipinski definition) is 8. The molecule has 3 rings (SSSR count). The molecule has 4 atom stereocenters. The van der Waals surface area contributed by atoms with E-state index in [1.807, 2.05) is 0 Å². The Hall–Kier alpha value is -2.56. The number of rotatable bonds is 6. The quantitative estimate of drug-likeness (QED) is 0.425. The molecule has 10 nitrogen and oxygen atoms in total. The van der Waals surface area contributed by atoms with Crippen LogP contribution in [0.5, 0.6) is 0 Å². The minimum Gasteiger partial charge on any atom is -0.388 e. The van der Waals surface area contributed by atoms with Crippen molar-refractivity contribution in [3.63, 3.8) is 0 Å². The van der Waals surface area contributed by atoms with Crippen molar-refractivity contribution in [2.24, 2.45) is 0 Å². The highest BCUT2D eigenvalue weighted by Gasteiger charge is 2.37. The van der Waals surface area contributed by atoms with Crippen molar-refractivity contribution in [3.05, 3.63) is 25.3 Å². The average molecular weight is 347 g/mol. The zero-order chi connectivity index (χ0) is 17.8. The minimum atomic E-state index is -0.843. The molecule has 1 fully saturated rings. The van der Waals surface area contributed by atoms with Gasteiger partial charge in [-0.05, 0) is 7.05 Å². The number of likely N-dealkylation sites (N-methyl/N-ethyl adjacent to an activating group) is 1. The Kier molecular flexibility index (Phi) is 5.22. The molecule has 0 saturated carbocycles. The molecular formula is C15H21N7O3. The number of amides is 1. The van der Waals surface area contributed by atoms with Gasteiger partial charge in [0, 0.05) is 6.42 Å². The van der Waals surface area contributed by atoms with Gasteiger partial charge in [0.2, 0.25) is 5.91 Å². The molecule has 5 N–H and O–H groups in total. The summed E-state index contributed by atoms with van der Waals surface area (Å²) >= 11 is 0. The smallest absolute Gasteiger partial charge is 0.234 e. The molecule has 0 aromatic carbocycles. The summed E-state index contributed by atoms with van der Waals surface area (Å²) in [7, 11) is 1.69. The summed E-state index contributed by atoms with van der Waals surface area (Å²) in [5.74, 6) is 0.309. The Morgan fingerprint density at radius 1 is 1.52 bits per heavy atom. The predicted molar refractivity (Wildman–Crippen MR) is 90.6 cm³/mol. The van der Waals surface area contributed by atoms with Crippen molar-refractivity contribution in [1.29, 1.82) is 0 Å². The number of aromatic amines is 1. The fourth-order valence-electron chi connectivity index (χ4n) is 2.79. The monoisotopic (exact) mass is 347 g/mol. The largest absolute Gasteiger partial charge is 0.388 e. The number of nitrogens with one attached hydrogen (secondary N) is 4. The van der Waals surface area contributed by atoms with Gasteiger partial charge in [0.15, 0.2) is 17.7 Å². The van der Waals surface area contributed by atoms with E-state index in [0.717, 1.165) is 0 Å². The maximum Gasteiger partial charge on any atom is 0.234 e. The molecule has 0 radical (unpaired) electrons. The summed E-state index contributed by atoms with van der Waals surface area (Å²) < 4.78 is 5.86. The van der Waals surface area contributed by atoms with Crippen molar-refractivity contribution in [3.8, 4) is 0 Å². The van der Waals surface area contributed by atoms with Crippen LogP contribution in [0.1, 0.15) is 6.42 Å². The number of carbonyl (C=O) groups is 1. The molecule has 10 heteroatoms.